The van der Waals surface area contributed by atoms with E-state index >= 15 is 0 Å². The molecule has 0 aliphatic rings. The first-order valence-corrected chi connectivity index (χ1v) is 12.1. The quantitative estimate of drug-likeness (QED) is 0.325. The summed E-state index contributed by atoms with van der Waals surface area (Å²) in [6.07, 6.45) is 1.72. The lowest BCUT2D eigenvalue weighted by Gasteiger charge is -2.14. The van der Waals surface area contributed by atoms with Gasteiger partial charge in [0.15, 0.2) is 5.01 Å². The van der Waals surface area contributed by atoms with E-state index in [1.165, 1.54) is 5.56 Å². The van der Waals surface area contributed by atoms with Crippen molar-refractivity contribution in [2.75, 3.05) is 5.32 Å². The number of hydrogen-bond acceptors (Lipinski definition) is 6. The second-order valence-electron chi connectivity index (χ2n) is 8.04. The lowest BCUT2D eigenvalue weighted by atomic mass is 10.1. The van der Waals surface area contributed by atoms with Gasteiger partial charge in [-0.15, -0.1) is 10.2 Å². The van der Waals surface area contributed by atoms with Gasteiger partial charge in [0.1, 0.15) is 12.4 Å². The number of aromatic nitrogens is 2. The summed E-state index contributed by atoms with van der Waals surface area (Å²) in [5.74, 6) is 0.151. The molecule has 0 bridgehead atoms. The summed E-state index contributed by atoms with van der Waals surface area (Å²) in [4.78, 5) is 25.3. The van der Waals surface area contributed by atoms with Crippen LogP contribution in [0.3, 0.4) is 0 Å². The summed E-state index contributed by atoms with van der Waals surface area (Å²) in [7, 11) is 0. The van der Waals surface area contributed by atoms with Gasteiger partial charge in [0.05, 0.1) is 0 Å². The van der Waals surface area contributed by atoms with Gasteiger partial charge in [-0.3, -0.25) is 9.59 Å². The van der Waals surface area contributed by atoms with Crippen LogP contribution in [-0.4, -0.2) is 28.1 Å². The molecule has 0 aliphatic carbocycles. The van der Waals surface area contributed by atoms with E-state index < -0.39 is 0 Å². The zero-order chi connectivity index (χ0) is 24.5. The van der Waals surface area contributed by atoms with Crippen LogP contribution in [0.25, 0.3) is 0 Å². The number of carbonyl (C=O) groups is 2. The van der Waals surface area contributed by atoms with E-state index in [0.717, 1.165) is 29.9 Å². The number of rotatable bonds is 10. The Balaban J connectivity index is 1.29. The zero-order valence-electron chi connectivity index (χ0n) is 19.3. The van der Waals surface area contributed by atoms with E-state index in [-0.39, 0.29) is 29.5 Å². The van der Waals surface area contributed by atoms with E-state index in [2.05, 4.69) is 33.0 Å². The topological polar surface area (TPSA) is 93.2 Å². The molecule has 0 saturated heterocycles. The van der Waals surface area contributed by atoms with Gasteiger partial charge in [-0.1, -0.05) is 65.9 Å². The lowest BCUT2D eigenvalue weighted by Crippen LogP contribution is -2.32. The average Bonchev–Trinajstić information content (AvgIpc) is 3.37. The van der Waals surface area contributed by atoms with Crippen molar-refractivity contribution in [1.29, 1.82) is 0 Å². The number of ether oxygens (including phenoxy) is 1. The maximum absolute atomic E-state index is 12.7. The first kappa shape index (κ1) is 24.1. The van der Waals surface area contributed by atoms with Crippen molar-refractivity contribution in [2.45, 2.75) is 32.4 Å². The molecule has 178 valence electrons. The first-order valence-electron chi connectivity index (χ1n) is 11.3. The number of nitrogens with one attached hydrogen (secondary N) is 2. The number of nitrogens with zero attached hydrogens (tertiary/aromatic N) is 2. The Bertz CT molecular complexity index is 1260. The molecule has 0 spiro atoms. The third-order valence-corrected chi connectivity index (χ3v) is 6.13. The van der Waals surface area contributed by atoms with Crippen molar-refractivity contribution >= 4 is 28.8 Å². The Labute approximate surface area is 208 Å². The van der Waals surface area contributed by atoms with Crippen LogP contribution in [0.4, 0.5) is 5.69 Å². The van der Waals surface area contributed by atoms with Crippen LogP contribution < -0.4 is 15.4 Å². The molecular formula is C27H26N4O3S. The predicted molar refractivity (Wildman–Crippen MR) is 137 cm³/mol. The molecule has 0 radical (unpaired) electrons. The van der Waals surface area contributed by atoms with Crippen LogP contribution in [0.2, 0.25) is 0 Å². The molecule has 0 fully saturated rings. The van der Waals surface area contributed by atoms with Crippen molar-refractivity contribution in [2.24, 2.45) is 0 Å². The van der Waals surface area contributed by atoms with E-state index in [1.807, 2.05) is 55.5 Å². The van der Waals surface area contributed by atoms with Gasteiger partial charge in [0.2, 0.25) is 5.01 Å². The van der Waals surface area contributed by atoms with Crippen molar-refractivity contribution in [3.63, 3.8) is 0 Å². The second kappa shape index (κ2) is 11.9. The lowest BCUT2D eigenvalue weighted by molar-refractivity contribution is 0.0937. The number of carbonyl (C=O) groups excluding carboxylic acids is 2. The SMILES string of the molecule is CC(CCc1ccccc1)NC(=O)c1cccc(NC(=O)c2nnc(COc3ccccc3)s2)c1. The average molecular weight is 487 g/mol. The van der Waals surface area contributed by atoms with Gasteiger partial charge in [-0.25, -0.2) is 0 Å². The van der Waals surface area contributed by atoms with Crippen LogP contribution in [0.5, 0.6) is 5.75 Å². The number of amides is 2. The Kier molecular flexibility index (Phi) is 8.19. The van der Waals surface area contributed by atoms with E-state index in [1.54, 1.807) is 24.3 Å². The molecule has 2 N–H and O–H groups in total. The summed E-state index contributed by atoms with van der Waals surface area (Å²) in [5.41, 5.74) is 2.23. The molecule has 1 aromatic heterocycles. The van der Waals surface area contributed by atoms with E-state index in [9.17, 15) is 9.59 Å². The van der Waals surface area contributed by atoms with Crippen LogP contribution in [0.15, 0.2) is 84.9 Å². The van der Waals surface area contributed by atoms with Crippen molar-refractivity contribution in [1.82, 2.24) is 15.5 Å². The molecule has 3 aromatic carbocycles. The normalized spacial score (nSPS) is 11.5. The van der Waals surface area contributed by atoms with Crippen LogP contribution in [-0.2, 0) is 13.0 Å². The summed E-state index contributed by atoms with van der Waals surface area (Å²) in [6.45, 7) is 2.22. The van der Waals surface area contributed by atoms with Gasteiger partial charge >= 0.3 is 0 Å². The minimum Gasteiger partial charge on any atom is -0.486 e. The molecule has 2 amide bonds. The van der Waals surface area contributed by atoms with Crippen molar-refractivity contribution < 1.29 is 14.3 Å². The van der Waals surface area contributed by atoms with Crippen LogP contribution >= 0.6 is 11.3 Å². The largest absolute Gasteiger partial charge is 0.486 e. The maximum atomic E-state index is 12.7. The Hall–Kier alpha value is -4.04. The molecule has 1 atom stereocenters. The van der Waals surface area contributed by atoms with Gasteiger partial charge in [-0.05, 0) is 55.7 Å². The molecule has 1 heterocycles. The van der Waals surface area contributed by atoms with Crippen molar-refractivity contribution in [3.05, 3.63) is 106 Å². The zero-order valence-corrected chi connectivity index (χ0v) is 20.1. The fraction of sp³-hybridized carbons (Fsp3) is 0.185. The molecule has 0 aliphatic heterocycles. The third-order valence-electron chi connectivity index (χ3n) is 5.24. The molecule has 4 rings (SSSR count). The Morgan fingerprint density at radius 1 is 0.914 bits per heavy atom. The number of benzene rings is 3. The molecule has 8 heteroatoms. The van der Waals surface area contributed by atoms with Gasteiger partial charge in [-0.2, -0.15) is 0 Å². The third kappa shape index (κ3) is 7.22. The maximum Gasteiger partial charge on any atom is 0.286 e. The fourth-order valence-corrected chi connectivity index (χ4v) is 4.04. The highest BCUT2D eigenvalue weighted by atomic mass is 32.1. The summed E-state index contributed by atoms with van der Waals surface area (Å²) in [6, 6.07) is 26.4. The minimum absolute atomic E-state index is 0.0128. The second-order valence-corrected chi connectivity index (χ2v) is 9.10. The first-order chi connectivity index (χ1) is 17.1. The van der Waals surface area contributed by atoms with E-state index in [0.29, 0.717) is 16.3 Å². The standard InChI is InChI=1S/C27H26N4O3S/c1-19(15-16-20-9-4-2-5-10-20)28-25(32)21-11-8-12-22(17-21)29-26(33)27-31-30-24(35-27)18-34-23-13-6-3-7-14-23/h2-14,17,19H,15-16,18H2,1H3,(H,28,32)(H,29,33). The van der Waals surface area contributed by atoms with Gasteiger partial charge in [0.25, 0.3) is 11.8 Å². The highest BCUT2D eigenvalue weighted by Crippen LogP contribution is 2.17. The minimum atomic E-state index is -0.387. The molecule has 1 unspecified atom stereocenters. The van der Waals surface area contributed by atoms with Gasteiger partial charge in [0, 0.05) is 17.3 Å². The highest BCUT2D eigenvalue weighted by Gasteiger charge is 2.15. The van der Waals surface area contributed by atoms with Crippen molar-refractivity contribution in [3.8, 4) is 5.75 Å². The molecule has 4 aromatic rings. The molecule has 0 saturated carbocycles. The van der Waals surface area contributed by atoms with E-state index in [4.69, 9.17) is 4.74 Å². The van der Waals surface area contributed by atoms with Gasteiger partial charge < -0.3 is 15.4 Å². The Morgan fingerprint density at radius 3 is 2.43 bits per heavy atom. The predicted octanol–water partition coefficient (Wildman–Crippen LogP) is 5.12. The molecule has 35 heavy (non-hydrogen) atoms. The number of hydrogen-bond donors (Lipinski definition) is 2. The molecular weight excluding hydrogens is 460 g/mol. The number of aryl methyl sites for hydroxylation is 1. The number of para-hydroxylation sites is 1. The summed E-state index contributed by atoms with van der Waals surface area (Å²) in [5, 5.41) is 14.6. The summed E-state index contributed by atoms with van der Waals surface area (Å²) >= 11 is 1.16. The highest BCUT2D eigenvalue weighted by molar-refractivity contribution is 7.13. The Morgan fingerprint density at radius 2 is 1.66 bits per heavy atom. The smallest absolute Gasteiger partial charge is 0.286 e. The summed E-state index contributed by atoms with van der Waals surface area (Å²) < 4.78 is 5.65. The van der Waals surface area contributed by atoms with Crippen LogP contribution in [0, 0.1) is 0 Å². The fourth-order valence-electron chi connectivity index (χ4n) is 3.40. The molecule has 7 nitrogen and oxygen atoms in total. The monoisotopic (exact) mass is 486 g/mol. The van der Waals surface area contributed by atoms with Crippen LogP contribution in [0.1, 0.15) is 44.1 Å². The number of anilines is 1.